The summed E-state index contributed by atoms with van der Waals surface area (Å²) < 4.78 is 5.05. The average molecular weight is 303 g/mol. The molecule has 0 saturated carbocycles. The van der Waals surface area contributed by atoms with Crippen LogP contribution in [0.2, 0.25) is 5.02 Å². The number of nitrogens with one attached hydrogen (secondary N) is 1. The number of aliphatic hydroxyl groups is 2. The molecule has 7 heteroatoms. The molecule has 20 heavy (non-hydrogen) atoms. The van der Waals surface area contributed by atoms with Crippen molar-refractivity contribution in [3.8, 4) is 5.75 Å². The molecule has 0 aliphatic heterocycles. The summed E-state index contributed by atoms with van der Waals surface area (Å²) in [6.45, 7) is 1.64. The zero-order chi connectivity index (χ0) is 15.3. The molecule has 0 aliphatic carbocycles. The van der Waals surface area contributed by atoms with Crippen molar-refractivity contribution < 1.29 is 19.7 Å². The molecule has 5 N–H and O–H groups in total. The van der Waals surface area contributed by atoms with Gasteiger partial charge in [0.1, 0.15) is 11.9 Å². The Morgan fingerprint density at radius 2 is 2.15 bits per heavy atom. The Morgan fingerprint density at radius 1 is 1.50 bits per heavy atom. The highest BCUT2D eigenvalue weighted by molar-refractivity contribution is 6.31. The van der Waals surface area contributed by atoms with Gasteiger partial charge in [-0.05, 0) is 18.6 Å². The van der Waals surface area contributed by atoms with Crippen LogP contribution in [-0.4, -0.2) is 35.9 Å². The van der Waals surface area contributed by atoms with Crippen LogP contribution in [-0.2, 0) is 4.79 Å². The van der Waals surface area contributed by atoms with E-state index in [1.54, 1.807) is 0 Å². The number of amides is 1. The summed E-state index contributed by atoms with van der Waals surface area (Å²) in [6.07, 6.45) is -2.05. The van der Waals surface area contributed by atoms with Gasteiger partial charge in [0.15, 0.2) is 0 Å². The van der Waals surface area contributed by atoms with E-state index in [-0.39, 0.29) is 23.9 Å². The first kappa shape index (κ1) is 16.6. The van der Waals surface area contributed by atoms with Crippen molar-refractivity contribution in [2.24, 2.45) is 0 Å². The van der Waals surface area contributed by atoms with E-state index in [4.69, 9.17) is 22.1 Å². The summed E-state index contributed by atoms with van der Waals surface area (Å²) >= 11 is 6.01. The third-order valence-corrected chi connectivity index (χ3v) is 3.17. The molecule has 0 spiro atoms. The fourth-order valence-corrected chi connectivity index (χ4v) is 2.03. The van der Waals surface area contributed by atoms with Crippen molar-refractivity contribution in [2.45, 2.75) is 25.6 Å². The Balaban J connectivity index is 2.80. The summed E-state index contributed by atoms with van der Waals surface area (Å²) in [5.41, 5.74) is 6.36. The lowest BCUT2D eigenvalue weighted by Crippen LogP contribution is -2.27. The molecule has 112 valence electrons. The van der Waals surface area contributed by atoms with Crippen LogP contribution >= 0.6 is 11.6 Å². The van der Waals surface area contributed by atoms with Crippen molar-refractivity contribution in [2.75, 3.05) is 19.4 Å². The highest BCUT2D eigenvalue weighted by atomic mass is 35.5. The molecule has 6 nitrogen and oxygen atoms in total. The van der Waals surface area contributed by atoms with Crippen LogP contribution in [0.1, 0.15) is 25.0 Å². The van der Waals surface area contributed by atoms with Crippen LogP contribution in [0.4, 0.5) is 5.69 Å². The van der Waals surface area contributed by atoms with Crippen molar-refractivity contribution in [3.63, 3.8) is 0 Å². The quantitative estimate of drug-likeness (QED) is 0.583. The number of nitrogen functional groups attached to an aromatic ring is 1. The van der Waals surface area contributed by atoms with Gasteiger partial charge in [0.05, 0.1) is 18.9 Å². The van der Waals surface area contributed by atoms with Gasteiger partial charge in [0.2, 0.25) is 5.91 Å². The van der Waals surface area contributed by atoms with Crippen LogP contribution in [0.15, 0.2) is 12.1 Å². The Labute approximate surface area is 122 Å². The number of methoxy groups -OCH3 is 1. The van der Waals surface area contributed by atoms with E-state index in [0.29, 0.717) is 17.0 Å². The van der Waals surface area contributed by atoms with Gasteiger partial charge in [-0.1, -0.05) is 11.6 Å². The van der Waals surface area contributed by atoms with Crippen LogP contribution < -0.4 is 15.8 Å². The van der Waals surface area contributed by atoms with E-state index in [1.165, 1.54) is 26.2 Å². The number of nitrogens with two attached hydrogens (primary N) is 1. The number of hydrogen-bond acceptors (Lipinski definition) is 5. The number of hydrogen-bond donors (Lipinski definition) is 4. The first-order chi connectivity index (χ1) is 9.36. The molecule has 0 aromatic heterocycles. The maximum Gasteiger partial charge on any atom is 0.216 e. The number of carbonyl (C=O) groups is 1. The van der Waals surface area contributed by atoms with Crippen molar-refractivity contribution in [3.05, 3.63) is 22.7 Å². The topological polar surface area (TPSA) is 105 Å². The number of anilines is 1. The Bertz CT molecular complexity index is 482. The van der Waals surface area contributed by atoms with Crippen LogP contribution in [0.25, 0.3) is 0 Å². The predicted molar refractivity (Wildman–Crippen MR) is 76.7 cm³/mol. The molecule has 2 unspecified atom stereocenters. The summed E-state index contributed by atoms with van der Waals surface area (Å²) in [5, 5.41) is 22.8. The van der Waals surface area contributed by atoms with Crippen molar-refractivity contribution >= 4 is 23.2 Å². The largest absolute Gasteiger partial charge is 0.495 e. The normalized spacial score (nSPS) is 13.7. The van der Waals surface area contributed by atoms with Gasteiger partial charge in [-0.25, -0.2) is 0 Å². The molecule has 1 aromatic carbocycles. The molecule has 0 radical (unpaired) electrons. The minimum atomic E-state index is -1.19. The maximum atomic E-state index is 10.7. The molecule has 0 aliphatic rings. The molecule has 0 saturated heterocycles. The van der Waals surface area contributed by atoms with Gasteiger partial charge >= 0.3 is 0 Å². The monoisotopic (exact) mass is 302 g/mol. The van der Waals surface area contributed by atoms with Gasteiger partial charge in [-0.15, -0.1) is 0 Å². The van der Waals surface area contributed by atoms with Crippen LogP contribution in [0.3, 0.4) is 0 Å². The van der Waals surface area contributed by atoms with Crippen molar-refractivity contribution in [1.29, 1.82) is 0 Å². The molecule has 2 atom stereocenters. The second-order valence-electron chi connectivity index (χ2n) is 4.40. The summed E-state index contributed by atoms with van der Waals surface area (Å²) in [7, 11) is 1.45. The van der Waals surface area contributed by atoms with Gasteiger partial charge in [-0.2, -0.15) is 0 Å². The van der Waals surface area contributed by atoms with Gasteiger partial charge in [0, 0.05) is 24.1 Å². The van der Waals surface area contributed by atoms with Crippen LogP contribution in [0, 0.1) is 0 Å². The summed E-state index contributed by atoms with van der Waals surface area (Å²) in [4.78, 5) is 10.7. The van der Waals surface area contributed by atoms with E-state index >= 15 is 0 Å². The van der Waals surface area contributed by atoms with E-state index in [0.717, 1.165) is 0 Å². The number of carbonyl (C=O) groups excluding carboxylic acids is 1. The van der Waals surface area contributed by atoms with Gasteiger partial charge in [-0.3, -0.25) is 4.79 Å². The maximum absolute atomic E-state index is 10.7. The lowest BCUT2D eigenvalue weighted by atomic mass is 10.0. The molecular formula is C13H19ClN2O4. The number of aliphatic hydroxyl groups excluding tert-OH is 2. The molecule has 0 fully saturated rings. The third kappa shape index (κ3) is 4.26. The molecule has 0 bridgehead atoms. The van der Waals surface area contributed by atoms with E-state index < -0.39 is 12.2 Å². The third-order valence-electron chi connectivity index (χ3n) is 2.85. The first-order valence-electron chi connectivity index (χ1n) is 6.10. The zero-order valence-electron chi connectivity index (χ0n) is 11.4. The Kier molecular flexibility index (Phi) is 6.06. The minimum absolute atomic E-state index is 0.195. The van der Waals surface area contributed by atoms with E-state index in [2.05, 4.69) is 5.32 Å². The smallest absolute Gasteiger partial charge is 0.216 e. The van der Waals surface area contributed by atoms with Crippen molar-refractivity contribution in [1.82, 2.24) is 5.32 Å². The predicted octanol–water partition coefficient (Wildman–Crippen LogP) is 0.851. The minimum Gasteiger partial charge on any atom is -0.495 e. The molecular weight excluding hydrogens is 284 g/mol. The highest BCUT2D eigenvalue weighted by Gasteiger charge is 2.22. The van der Waals surface area contributed by atoms with Gasteiger partial charge < -0.3 is 26.0 Å². The standard InChI is InChI=1S/C13H19ClN2O4/c1-7(17)16-4-3-11(18)13(19)8-5-12(20-2)10(15)6-9(8)14/h5-6,11,13,18-19H,3-4,15H2,1-2H3,(H,16,17). The van der Waals surface area contributed by atoms with E-state index in [9.17, 15) is 15.0 Å². The fraction of sp³-hybridized carbons (Fsp3) is 0.462. The van der Waals surface area contributed by atoms with Crippen LogP contribution in [0.5, 0.6) is 5.75 Å². The SMILES string of the molecule is COc1cc(C(O)C(O)CCNC(C)=O)c(Cl)cc1N. The summed E-state index contributed by atoms with van der Waals surface area (Å²) in [5.74, 6) is 0.177. The summed E-state index contributed by atoms with van der Waals surface area (Å²) in [6, 6.07) is 2.95. The molecule has 0 heterocycles. The zero-order valence-corrected chi connectivity index (χ0v) is 12.1. The lowest BCUT2D eigenvalue weighted by Gasteiger charge is -2.20. The fourth-order valence-electron chi connectivity index (χ4n) is 1.75. The van der Waals surface area contributed by atoms with Gasteiger partial charge in [0.25, 0.3) is 0 Å². The van der Waals surface area contributed by atoms with E-state index in [1.807, 2.05) is 0 Å². The first-order valence-corrected chi connectivity index (χ1v) is 6.48. The highest BCUT2D eigenvalue weighted by Crippen LogP contribution is 2.34. The number of halogens is 1. The average Bonchev–Trinajstić information content (AvgIpc) is 2.37. The second-order valence-corrected chi connectivity index (χ2v) is 4.81. The molecule has 1 aromatic rings. The molecule has 1 rings (SSSR count). The Hall–Kier alpha value is -1.50. The Morgan fingerprint density at radius 3 is 2.70 bits per heavy atom. The number of rotatable bonds is 6. The number of ether oxygens (including phenoxy) is 1. The molecule has 1 amide bonds. The second kappa shape index (κ2) is 7.33. The lowest BCUT2D eigenvalue weighted by molar-refractivity contribution is -0.119. The number of benzene rings is 1.